The van der Waals surface area contributed by atoms with Crippen molar-refractivity contribution in [2.75, 3.05) is 5.75 Å². The summed E-state index contributed by atoms with van der Waals surface area (Å²) in [5, 5.41) is 15.9. The lowest BCUT2D eigenvalue weighted by atomic mass is 10.2. The highest BCUT2D eigenvalue weighted by Crippen LogP contribution is 2.09. The number of hydrogen-bond acceptors (Lipinski definition) is 4. The van der Waals surface area contributed by atoms with Crippen LogP contribution in [0.2, 0.25) is 0 Å². The molecule has 0 spiro atoms. The lowest BCUT2D eigenvalue weighted by molar-refractivity contribution is 0.0690. The van der Waals surface area contributed by atoms with E-state index in [1.807, 2.05) is 31.2 Å². The Labute approximate surface area is 112 Å². The Bertz CT molecular complexity index is 624. The third-order valence-corrected chi connectivity index (χ3v) is 3.85. The van der Waals surface area contributed by atoms with E-state index in [0.717, 1.165) is 10.5 Å². The SMILES string of the molecule is Cc1cccc(S(=O)CCn2cc(C(=O)O)nn2)c1. The maximum Gasteiger partial charge on any atom is 0.358 e. The molecule has 0 fully saturated rings. The van der Waals surface area contributed by atoms with Crippen molar-refractivity contribution >= 4 is 16.8 Å². The van der Waals surface area contributed by atoms with Crippen molar-refractivity contribution in [1.82, 2.24) is 15.0 Å². The lowest BCUT2D eigenvalue weighted by Gasteiger charge is -2.03. The topological polar surface area (TPSA) is 85.1 Å². The van der Waals surface area contributed by atoms with Crippen molar-refractivity contribution in [3.05, 3.63) is 41.7 Å². The van der Waals surface area contributed by atoms with Crippen molar-refractivity contribution in [3.63, 3.8) is 0 Å². The van der Waals surface area contributed by atoms with Crippen LogP contribution in [0, 0.1) is 6.92 Å². The molecule has 0 aliphatic rings. The van der Waals surface area contributed by atoms with Gasteiger partial charge in [0.2, 0.25) is 0 Å². The van der Waals surface area contributed by atoms with Crippen molar-refractivity contribution < 1.29 is 14.1 Å². The minimum absolute atomic E-state index is 0.110. The molecule has 100 valence electrons. The molecule has 0 aliphatic carbocycles. The van der Waals surface area contributed by atoms with E-state index in [2.05, 4.69) is 10.3 Å². The Hall–Kier alpha value is -2.02. The summed E-state index contributed by atoms with van der Waals surface area (Å²) in [5.74, 6) is -0.752. The molecule has 1 heterocycles. The van der Waals surface area contributed by atoms with Crippen LogP contribution >= 0.6 is 0 Å². The van der Waals surface area contributed by atoms with Crippen LogP contribution in [-0.4, -0.2) is 36.0 Å². The monoisotopic (exact) mass is 279 g/mol. The summed E-state index contributed by atoms with van der Waals surface area (Å²) in [5.41, 5.74) is 0.945. The molecule has 1 N–H and O–H groups in total. The lowest BCUT2D eigenvalue weighted by Crippen LogP contribution is -2.08. The molecule has 19 heavy (non-hydrogen) atoms. The quantitative estimate of drug-likeness (QED) is 0.885. The van der Waals surface area contributed by atoms with Gasteiger partial charge in [0.25, 0.3) is 0 Å². The Kier molecular flexibility index (Phi) is 4.06. The second-order valence-electron chi connectivity index (χ2n) is 4.04. The van der Waals surface area contributed by atoms with Crippen LogP contribution in [0.4, 0.5) is 0 Å². The average Bonchev–Trinajstić information content (AvgIpc) is 2.85. The second-order valence-corrected chi connectivity index (χ2v) is 5.61. The highest BCUT2D eigenvalue weighted by molar-refractivity contribution is 7.85. The van der Waals surface area contributed by atoms with E-state index in [-0.39, 0.29) is 5.69 Å². The maximum atomic E-state index is 12.0. The number of carboxylic acid groups (broad SMARTS) is 1. The molecular formula is C12H13N3O3S. The van der Waals surface area contributed by atoms with Gasteiger partial charge in [-0.2, -0.15) is 0 Å². The number of aromatic nitrogens is 3. The third-order valence-electron chi connectivity index (χ3n) is 2.52. The fraction of sp³-hybridized carbons (Fsp3) is 0.250. The van der Waals surface area contributed by atoms with E-state index in [1.165, 1.54) is 10.9 Å². The van der Waals surface area contributed by atoms with E-state index in [1.54, 1.807) is 0 Å². The first-order valence-electron chi connectivity index (χ1n) is 5.65. The molecule has 0 bridgehead atoms. The molecule has 1 unspecified atom stereocenters. The van der Waals surface area contributed by atoms with Gasteiger partial charge in [0.1, 0.15) is 0 Å². The molecule has 7 heteroatoms. The number of hydrogen-bond donors (Lipinski definition) is 1. The number of benzene rings is 1. The van der Waals surface area contributed by atoms with E-state index in [4.69, 9.17) is 5.11 Å². The predicted molar refractivity (Wildman–Crippen MR) is 69.4 cm³/mol. The maximum absolute atomic E-state index is 12.0. The minimum atomic E-state index is -1.13. The van der Waals surface area contributed by atoms with E-state index < -0.39 is 16.8 Å². The number of carbonyl (C=O) groups is 1. The van der Waals surface area contributed by atoms with E-state index >= 15 is 0 Å². The summed E-state index contributed by atoms with van der Waals surface area (Å²) >= 11 is 0. The van der Waals surface area contributed by atoms with Crippen molar-refractivity contribution in [3.8, 4) is 0 Å². The molecule has 0 amide bonds. The molecule has 6 nitrogen and oxygen atoms in total. The summed E-state index contributed by atoms with van der Waals surface area (Å²) in [4.78, 5) is 11.4. The molecular weight excluding hydrogens is 266 g/mol. The first kappa shape index (κ1) is 13.4. The highest BCUT2D eigenvalue weighted by atomic mass is 32.2. The van der Waals surface area contributed by atoms with Crippen LogP contribution in [0.3, 0.4) is 0 Å². The molecule has 2 rings (SSSR count). The molecule has 1 aromatic carbocycles. The summed E-state index contributed by atoms with van der Waals surface area (Å²) in [6.45, 7) is 2.30. The zero-order chi connectivity index (χ0) is 13.8. The Morgan fingerprint density at radius 2 is 2.26 bits per heavy atom. The number of aryl methyl sites for hydroxylation is 2. The molecule has 0 saturated heterocycles. The summed E-state index contributed by atoms with van der Waals surface area (Å²) < 4.78 is 13.4. The van der Waals surface area contributed by atoms with Gasteiger partial charge in [0, 0.05) is 10.6 Å². The summed E-state index contributed by atoms with van der Waals surface area (Å²) in [6.07, 6.45) is 1.33. The zero-order valence-electron chi connectivity index (χ0n) is 10.3. The Morgan fingerprint density at radius 3 is 2.89 bits per heavy atom. The average molecular weight is 279 g/mol. The number of carboxylic acids is 1. The van der Waals surface area contributed by atoms with Crippen LogP contribution in [0.5, 0.6) is 0 Å². The Morgan fingerprint density at radius 1 is 1.47 bits per heavy atom. The van der Waals surface area contributed by atoms with Crippen LogP contribution < -0.4 is 0 Å². The fourth-order valence-electron chi connectivity index (χ4n) is 1.56. The second kappa shape index (κ2) is 5.75. The van der Waals surface area contributed by atoms with Gasteiger partial charge in [0.05, 0.1) is 23.5 Å². The van der Waals surface area contributed by atoms with Crippen molar-refractivity contribution in [2.45, 2.75) is 18.4 Å². The van der Waals surface area contributed by atoms with Gasteiger partial charge >= 0.3 is 5.97 Å². The molecule has 0 saturated carbocycles. The standard InChI is InChI=1S/C12H13N3O3S/c1-9-3-2-4-10(7-9)19(18)6-5-15-8-11(12(16)17)13-14-15/h2-4,7-8H,5-6H2,1H3,(H,16,17). The van der Waals surface area contributed by atoms with Crippen LogP contribution in [0.1, 0.15) is 16.1 Å². The summed E-state index contributed by atoms with van der Waals surface area (Å²) in [7, 11) is -1.13. The van der Waals surface area contributed by atoms with E-state index in [0.29, 0.717) is 12.3 Å². The van der Waals surface area contributed by atoms with Gasteiger partial charge in [-0.05, 0) is 24.6 Å². The van der Waals surface area contributed by atoms with Gasteiger partial charge in [0.15, 0.2) is 5.69 Å². The largest absolute Gasteiger partial charge is 0.476 e. The molecule has 1 atom stereocenters. The third kappa shape index (κ3) is 3.47. The van der Waals surface area contributed by atoms with Gasteiger partial charge < -0.3 is 5.11 Å². The van der Waals surface area contributed by atoms with Gasteiger partial charge in [-0.3, -0.25) is 8.89 Å². The first-order valence-corrected chi connectivity index (χ1v) is 6.96. The van der Waals surface area contributed by atoms with Gasteiger partial charge in [-0.15, -0.1) is 5.10 Å². The van der Waals surface area contributed by atoms with Crippen LogP contribution in [-0.2, 0) is 17.3 Å². The number of rotatable bonds is 5. The number of aromatic carboxylic acids is 1. The minimum Gasteiger partial charge on any atom is -0.476 e. The normalized spacial score (nSPS) is 12.3. The predicted octanol–water partition coefficient (Wildman–Crippen LogP) is 1.09. The van der Waals surface area contributed by atoms with Crippen LogP contribution in [0.15, 0.2) is 35.4 Å². The van der Waals surface area contributed by atoms with E-state index in [9.17, 15) is 9.00 Å². The Balaban J connectivity index is 1.98. The van der Waals surface area contributed by atoms with Gasteiger partial charge in [-0.1, -0.05) is 17.3 Å². The van der Waals surface area contributed by atoms with Crippen molar-refractivity contribution in [1.29, 1.82) is 0 Å². The molecule has 1 aromatic heterocycles. The molecule has 2 aromatic rings. The molecule has 0 aliphatic heterocycles. The summed E-state index contributed by atoms with van der Waals surface area (Å²) in [6, 6.07) is 7.49. The highest BCUT2D eigenvalue weighted by Gasteiger charge is 2.09. The number of nitrogens with zero attached hydrogens (tertiary/aromatic N) is 3. The fourth-order valence-corrected chi connectivity index (χ4v) is 2.69. The van der Waals surface area contributed by atoms with Crippen LogP contribution in [0.25, 0.3) is 0 Å². The zero-order valence-corrected chi connectivity index (χ0v) is 11.1. The van der Waals surface area contributed by atoms with Crippen molar-refractivity contribution in [2.24, 2.45) is 0 Å². The molecule has 0 radical (unpaired) electrons. The smallest absolute Gasteiger partial charge is 0.358 e. The van der Waals surface area contributed by atoms with Gasteiger partial charge in [-0.25, -0.2) is 4.79 Å². The first-order chi connectivity index (χ1) is 9.06.